The first kappa shape index (κ1) is 19.8. The number of carbonyl (C=O) groups is 2. The van der Waals surface area contributed by atoms with Crippen molar-refractivity contribution in [1.29, 1.82) is 0 Å². The highest BCUT2D eigenvalue weighted by Crippen LogP contribution is 2.16. The van der Waals surface area contributed by atoms with E-state index in [0.29, 0.717) is 24.3 Å². The molecule has 2 amide bonds. The van der Waals surface area contributed by atoms with Crippen molar-refractivity contribution in [2.24, 2.45) is 5.73 Å². The van der Waals surface area contributed by atoms with Crippen LogP contribution in [-0.4, -0.2) is 67.5 Å². The molecule has 0 aliphatic carbocycles. The molecule has 2 aromatic rings. The molecular weight excluding hydrogens is 356 g/mol. The molecular formula is C20H26N6O2. The maximum Gasteiger partial charge on any atom is 0.253 e. The Labute approximate surface area is 164 Å². The fourth-order valence-corrected chi connectivity index (χ4v) is 3.14. The Morgan fingerprint density at radius 1 is 1.04 bits per heavy atom. The summed E-state index contributed by atoms with van der Waals surface area (Å²) >= 11 is 0. The first-order valence-corrected chi connectivity index (χ1v) is 9.43. The minimum atomic E-state index is -0.245. The molecule has 8 nitrogen and oxygen atoms in total. The fourth-order valence-electron chi connectivity index (χ4n) is 3.14. The molecule has 0 radical (unpaired) electrons. The number of hydrogen-bond acceptors (Lipinski definition) is 6. The third kappa shape index (κ3) is 5.28. The van der Waals surface area contributed by atoms with Crippen molar-refractivity contribution < 1.29 is 9.59 Å². The molecule has 1 aliphatic heterocycles. The van der Waals surface area contributed by atoms with Gasteiger partial charge in [-0.1, -0.05) is 18.2 Å². The number of rotatable bonds is 7. The normalized spacial score (nSPS) is 14.5. The Balaban J connectivity index is 1.52. The molecule has 0 saturated carbocycles. The van der Waals surface area contributed by atoms with E-state index in [9.17, 15) is 9.59 Å². The third-order valence-corrected chi connectivity index (χ3v) is 4.59. The lowest BCUT2D eigenvalue weighted by Crippen LogP contribution is -2.49. The zero-order valence-electron chi connectivity index (χ0n) is 15.8. The predicted octanol–water partition coefficient (Wildman–Crippen LogP) is 0.531. The van der Waals surface area contributed by atoms with Crippen molar-refractivity contribution in [1.82, 2.24) is 15.2 Å². The Morgan fingerprint density at radius 3 is 2.50 bits per heavy atom. The van der Waals surface area contributed by atoms with Crippen LogP contribution in [0.2, 0.25) is 0 Å². The zero-order valence-corrected chi connectivity index (χ0v) is 15.8. The molecule has 1 aliphatic rings. The van der Waals surface area contributed by atoms with Crippen LogP contribution >= 0.6 is 0 Å². The third-order valence-electron chi connectivity index (χ3n) is 4.59. The predicted molar refractivity (Wildman–Crippen MR) is 109 cm³/mol. The molecule has 148 valence electrons. The number of aromatic nitrogens is 1. The van der Waals surface area contributed by atoms with Gasteiger partial charge in [-0.15, -0.1) is 0 Å². The molecule has 0 atom stereocenters. The van der Waals surface area contributed by atoms with E-state index in [4.69, 9.17) is 5.73 Å². The van der Waals surface area contributed by atoms with E-state index in [-0.39, 0.29) is 18.4 Å². The van der Waals surface area contributed by atoms with Crippen molar-refractivity contribution in [2.45, 2.75) is 0 Å². The second-order valence-electron chi connectivity index (χ2n) is 6.59. The quantitative estimate of drug-likeness (QED) is 0.645. The monoisotopic (exact) mass is 382 g/mol. The second kappa shape index (κ2) is 9.82. The summed E-state index contributed by atoms with van der Waals surface area (Å²) in [6, 6.07) is 12.8. The van der Waals surface area contributed by atoms with Gasteiger partial charge in [0.05, 0.1) is 17.8 Å². The molecule has 2 heterocycles. The highest BCUT2D eigenvalue weighted by molar-refractivity contribution is 6.04. The first-order chi connectivity index (χ1) is 13.7. The minimum Gasteiger partial charge on any atom is -0.354 e. The number of hydrogen-bond donors (Lipinski definition) is 3. The van der Waals surface area contributed by atoms with Gasteiger partial charge in [-0.2, -0.15) is 0 Å². The molecule has 4 N–H and O–H groups in total. The number of nitrogens with two attached hydrogens (primary N) is 1. The summed E-state index contributed by atoms with van der Waals surface area (Å²) in [5.41, 5.74) is 6.37. The van der Waals surface area contributed by atoms with Gasteiger partial charge in [-0.3, -0.25) is 14.5 Å². The number of carbonyl (C=O) groups excluding carboxylic acids is 2. The smallest absolute Gasteiger partial charge is 0.253 e. The lowest BCUT2D eigenvalue weighted by Gasteiger charge is -2.34. The van der Waals surface area contributed by atoms with Gasteiger partial charge in [-0.05, 0) is 24.3 Å². The molecule has 1 aromatic heterocycles. The van der Waals surface area contributed by atoms with Crippen LogP contribution in [0, 0.1) is 0 Å². The Hall–Kier alpha value is -2.97. The van der Waals surface area contributed by atoms with E-state index in [1.165, 1.54) is 0 Å². The first-order valence-electron chi connectivity index (χ1n) is 9.43. The molecule has 28 heavy (non-hydrogen) atoms. The van der Waals surface area contributed by atoms with Gasteiger partial charge in [0.15, 0.2) is 0 Å². The largest absolute Gasteiger partial charge is 0.354 e. The average molecular weight is 382 g/mol. The van der Waals surface area contributed by atoms with Crippen molar-refractivity contribution in [2.75, 3.05) is 56.0 Å². The van der Waals surface area contributed by atoms with Gasteiger partial charge in [0.1, 0.15) is 5.82 Å². The maximum atomic E-state index is 12.5. The van der Waals surface area contributed by atoms with Crippen molar-refractivity contribution in [3.8, 4) is 0 Å². The van der Waals surface area contributed by atoms with Crippen LogP contribution in [0.5, 0.6) is 0 Å². The van der Waals surface area contributed by atoms with Crippen LogP contribution in [0.25, 0.3) is 0 Å². The summed E-state index contributed by atoms with van der Waals surface area (Å²) < 4.78 is 0. The van der Waals surface area contributed by atoms with Crippen molar-refractivity contribution >= 4 is 23.3 Å². The summed E-state index contributed by atoms with van der Waals surface area (Å²) in [5, 5.41) is 5.59. The number of anilines is 2. The lowest BCUT2D eigenvalue weighted by atomic mass is 10.1. The van der Waals surface area contributed by atoms with E-state index in [0.717, 1.165) is 32.0 Å². The van der Waals surface area contributed by atoms with Crippen LogP contribution in [0.1, 0.15) is 10.4 Å². The standard InChI is InChI=1S/C20H26N6O2/c21-8-10-23-20(28)16-5-1-2-6-17(16)24-19(27)15-25-11-13-26(14-12-25)18-7-3-4-9-22-18/h1-7,9H,8,10-15,21H2,(H,23,28)(H,24,27). The fraction of sp³-hybridized carbons (Fsp3) is 0.350. The number of amides is 2. The van der Waals surface area contributed by atoms with Crippen molar-refractivity contribution in [3.05, 3.63) is 54.2 Å². The number of para-hydroxylation sites is 1. The van der Waals surface area contributed by atoms with Gasteiger partial charge in [0.25, 0.3) is 5.91 Å². The SMILES string of the molecule is NCCNC(=O)c1ccccc1NC(=O)CN1CCN(c2ccccn2)CC1. The van der Waals surface area contributed by atoms with Crippen LogP contribution in [-0.2, 0) is 4.79 Å². The van der Waals surface area contributed by atoms with Gasteiger partial charge < -0.3 is 21.3 Å². The molecule has 1 fully saturated rings. The van der Waals surface area contributed by atoms with E-state index >= 15 is 0 Å². The Kier molecular flexibility index (Phi) is 6.94. The molecule has 0 spiro atoms. The highest BCUT2D eigenvalue weighted by Gasteiger charge is 2.20. The molecule has 0 unspecified atom stereocenters. The Morgan fingerprint density at radius 2 is 1.79 bits per heavy atom. The van der Waals surface area contributed by atoms with Crippen LogP contribution < -0.4 is 21.3 Å². The molecule has 1 saturated heterocycles. The van der Waals surface area contributed by atoms with Crippen molar-refractivity contribution in [3.63, 3.8) is 0 Å². The van der Waals surface area contributed by atoms with E-state index < -0.39 is 0 Å². The second-order valence-corrected chi connectivity index (χ2v) is 6.59. The summed E-state index contributed by atoms with van der Waals surface area (Å²) in [6.07, 6.45) is 1.79. The number of pyridine rings is 1. The maximum absolute atomic E-state index is 12.5. The molecule has 3 rings (SSSR count). The zero-order chi connectivity index (χ0) is 19.8. The number of nitrogens with zero attached hydrogens (tertiary/aromatic N) is 3. The lowest BCUT2D eigenvalue weighted by molar-refractivity contribution is -0.117. The van der Waals surface area contributed by atoms with Gasteiger partial charge in [0.2, 0.25) is 5.91 Å². The van der Waals surface area contributed by atoms with Crippen LogP contribution in [0.4, 0.5) is 11.5 Å². The summed E-state index contributed by atoms with van der Waals surface area (Å²) in [7, 11) is 0. The van der Waals surface area contributed by atoms with Gasteiger partial charge >= 0.3 is 0 Å². The summed E-state index contributed by atoms with van der Waals surface area (Å²) in [6.45, 7) is 4.25. The summed E-state index contributed by atoms with van der Waals surface area (Å²) in [5.74, 6) is 0.583. The van der Waals surface area contributed by atoms with E-state index in [2.05, 4.69) is 25.4 Å². The minimum absolute atomic E-state index is 0.134. The van der Waals surface area contributed by atoms with E-state index in [1.807, 2.05) is 18.2 Å². The summed E-state index contributed by atoms with van der Waals surface area (Å²) in [4.78, 5) is 33.4. The molecule has 1 aromatic carbocycles. The number of nitrogens with one attached hydrogen (secondary N) is 2. The van der Waals surface area contributed by atoms with E-state index in [1.54, 1.807) is 30.5 Å². The topological polar surface area (TPSA) is 104 Å². The molecule has 8 heteroatoms. The van der Waals surface area contributed by atoms with Crippen LogP contribution in [0.3, 0.4) is 0 Å². The van der Waals surface area contributed by atoms with Crippen LogP contribution in [0.15, 0.2) is 48.7 Å². The average Bonchev–Trinajstić information content (AvgIpc) is 2.73. The molecule has 0 bridgehead atoms. The van der Waals surface area contributed by atoms with Gasteiger partial charge in [-0.25, -0.2) is 4.98 Å². The van der Waals surface area contributed by atoms with Gasteiger partial charge in [0, 0.05) is 45.5 Å². The number of piperazine rings is 1. The highest BCUT2D eigenvalue weighted by atomic mass is 16.2. The Bertz CT molecular complexity index is 790. The number of benzene rings is 1.